The molecular formula is C24H31Cl2N3O4S. The molecule has 7 nitrogen and oxygen atoms in total. The largest absolute Gasteiger partial charge is 0.354 e. The highest BCUT2D eigenvalue weighted by atomic mass is 35.5. The van der Waals surface area contributed by atoms with Gasteiger partial charge in [0, 0.05) is 28.7 Å². The van der Waals surface area contributed by atoms with Crippen LogP contribution in [0.25, 0.3) is 0 Å². The van der Waals surface area contributed by atoms with Gasteiger partial charge in [-0.1, -0.05) is 54.7 Å². The highest BCUT2D eigenvalue weighted by Gasteiger charge is 2.30. The molecule has 0 bridgehead atoms. The maximum absolute atomic E-state index is 13.5. The number of nitrogens with one attached hydrogen (secondary N) is 1. The zero-order valence-corrected chi connectivity index (χ0v) is 22.2. The second kappa shape index (κ2) is 12.4. The number of hydrogen-bond donors (Lipinski definition) is 1. The normalized spacial score (nSPS) is 12.2. The first kappa shape index (κ1) is 28.0. The minimum atomic E-state index is -3.78. The molecule has 186 valence electrons. The number of carbonyl (C=O) groups is 2. The van der Waals surface area contributed by atoms with E-state index >= 15 is 0 Å². The maximum atomic E-state index is 13.5. The van der Waals surface area contributed by atoms with E-state index in [1.54, 1.807) is 43.3 Å². The molecule has 0 aliphatic rings. The van der Waals surface area contributed by atoms with E-state index in [2.05, 4.69) is 5.32 Å². The van der Waals surface area contributed by atoms with Crippen molar-refractivity contribution in [1.29, 1.82) is 0 Å². The summed E-state index contributed by atoms with van der Waals surface area (Å²) in [5.41, 5.74) is 1.70. The lowest BCUT2D eigenvalue weighted by Gasteiger charge is -2.32. The lowest BCUT2D eigenvalue weighted by molar-refractivity contribution is -0.139. The van der Waals surface area contributed by atoms with E-state index in [-0.39, 0.29) is 12.5 Å². The topological polar surface area (TPSA) is 86.8 Å². The first-order chi connectivity index (χ1) is 16.0. The van der Waals surface area contributed by atoms with Crippen molar-refractivity contribution in [1.82, 2.24) is 10.2 Å². The van der Waals surface area contributed by atoms with Crippen LogP contribution in [0.1, 0.15) is 37.8 Å². The van der Waals surface area contributed by atoms with E-state index in [4.69, 9.17) is 23.2 Å². The van der Waals surface area contributed by atoms with Gasteiger partial charge >= 0.3 is 0 Å². The standard InChI is InChI=1S/C24H31Cl2N3O4S/c1-5-6-13-27-24(31)18(3)28(15-20-21(25)11-8-12-22(20)26)23(30)16-29(34(4,32)33)19-10-7-9-17(2)14-19/h7-12,14,18H,5-6,13,15-16H2,1-4H3,(H,27,31)/t18-/m0/s1. The summed E-state index contributed by atoms with van der Waals surface area (Å²) in [5, 5.41) is 3.52. The van der Waals surface area contributed by atoms with Gasteiger partial charge in [0.2, 0.25) is 21.8 Å². The number of anilines is 1. The molecular weight excluding hydrogens is 497 g/mol. The van der Waals surface area contributed by atoms with Gasteiger partial charge in [-0.25, -0.2) is 8.42 Å². The van der Waals surface area contributed by atoms with E-state index < -0.39 is 28.5 Å². The summed E-state index contributed by atoms with van der Waals surface area (Å²) >= 11 is 12.7. The third kappa shape index (κ3) is 7.61. The van der Waals surface area contributed by atoms with Crippen LogP contribution in [-0.2, 0) is 26.2 Å². The first-order valence-electron chi connectivity index (χ1n) is 11.0. The summed E-state index contributed by atoms with van der Waals surface area (Å²) in [6.45, 7) is 5.40. The quantitative estimate of drug-likeness (QED) is 0.438. The molecule has 0 aliphatic carbocycles. The third-order valence-corrected chi connectivity index (χ3v) is 7.20. The fraction of sp³-hybridized carbons (Fsp3) is 0.417. The van der Waals surface area contributed by atoms with Crippen LogP contribution in [0.15, 0.2) is 42.5 Å². The number of rotatable bonds is 11. The number of unbranched alkanes of at least 4 members (excludes halogenated alkanes) is 1. The number of carbonyl (C=O) groups excluding carboxylic acids is 2. The Morgan fingerprint density at radius 1 is 1.09 bits per heavy atom. The Bertz CT molecular complexity index is 1100. The van der Waals surface area contributed by atoms with E-state index in [0.717, 1.165) is 29.0 Å². The predicted octanol–water partition coefficient (Wildman–Crippen LogP) is 4.40. The Hall–Kier alpha value is -2.29. The number of amides is 2. The fourth-order valence-corrected chi connectivity index (χ4v) is 4.73. The van der Waals surface area contributed by atoms with Crippen LogP contribution in [0.2, 0.25) is 10.0 Å². The van der Waals surface area contributed by atoms with Crippen molar-refractivity contribution < 1.29 is 18.0 Å². The number of hydrogen-bond acceptors (Lipinski definition) is 4. The molecule has 34 heavy (non-hydrogen) atoms. The SMILES string of the molecule is CCCCNC(=O)[C@H](C)N(Cc1c(Cl)cccc1Cl)C(=O)CN(c1cccc(C)c1)S(C)(=O)=O. The average molecular weight is 529 g/mol. The zero-order chi connectivity index (χ0) is 25.5. The molecule has 2 rings (SSSR count). The van der Waals surface area contributed by atoms with Crippen LogP contribution in [0.3, 0.4) is 0 Å². The van der Waals surface area contributed by atoms with Gasteiger partial charge in [-0.2, -0.15) is 0 Å². The van der Waals surface area contributed by atoms with Crippen LogP contribution in [0, 0.1) is 6.92 Å². The summed E-state index contributed by atoms with van der Waals surface area (Å²) in [5.74, 6) is -0.896. The molecule has 0 saturated carbocycles. The van der Waals surface area contributed by atoms with Crippen LogP contribution >= 0.6 is 23.2 Å². The van der Waals surface area contributed by atoms with Crippen molar-refractivity contribution in [3.05, 3.63) is 63.6 Å². The number of aryl methyl sites for hydroxylation is 1. The second-order valence-corrected chi connectivity index (χ2v) is 10.9. The lowest BCUT2D eigenvalue weighted by Crippen LogP contribution is -2.51. The molecule has 10 heteroatoms. The molecule has 0 aliphatic heterocycles. The Kier molecular flexibility index (Phi) is 10.2. The van der Waals surface area contributed by atoms with Crippen LogP contribution < -0.4 is 9.62 Å². The fourth-order valence-electron chi connectivity index (χ4n) is 3.37. The summed E-state index contributed by atoms with van der Waals surface area (Å²) < 4.78 is 26.2. The summed E-state index contributed by atoms with van der Waals surface area (Å²) in [4.78, 5) is 27.6. The minimum absolute atomic E-state index is 0.0505. The van der Waals surface area contributed by atoms with Crippen molar-refractivity contribution in [3.63, 3.8) is 0 Å². The molecule has 2 amide bonds. The Balaban J connectivity index is 2.41. The third-order valence-electron chi connectivity index (χ3n) is 5.36. The molecule has 0 spiro atoms. The summed E-state index contributed by atoms with van der Waals surface area (Å²) in [6, 6.07) is 11.0. The van der Waals surface area contributed by atoms with Crippen LogP contribution in [0.5, 0.6) is 0 Å². The number of halogens is 2. The van der Waals surface area contributed by atoms with E-state index in [1.165, 1.54) is 4.90 Å². The van der Waals surface area contributed by atoms with Gasteiger partial charge in [-0.3, -0.25) is 13.9 Å². The van der Waals surface area contributed by atoms with Gasteiger partial charge in [-0.05, 0) is 50.1 Å². The minimum Gasteiger partial charge on any atom is -0.354 e. The Labute approximate surface area is 212 Å². The molecule has 2 aromatic rings. The van der Waals surface area contributed by atoms with E-state index in [9.17, 15) is 18.0 Å². The molecule has 1 atom stereocenters. The van der Waals surface area contributed by atoms with Gasteiger partial charge in [0.05, 0.1) is 11.9 Å². The highest BCUT2D eigenvalue weighted by molar-refractivity contribution is 7.92. The Morgan fingerprint density at radius 2 is 1.71 bits per heavy atom. The Morgan fingerprint density at radius 3 is 2.26 bits per heavy atom. The van der Waals surface area contributed by atoms with E-state index in [1.807, 2.05) is 19.9 Å². The first-order valence-corrected chi connectivity index (χ1v) is 13.6. The molecule has 0 heterocycles. The molecule has 0 radical (unpaired) electrons. The molecule has 0 unspecified atom stereocenters. The van der Waals surface area contributed by atoms with Crippen LogP contribution in [-0.4, -0.2) is 50.5 Å². The number of benzene rings is 2. The summed E-state index contributed by atoms with van der Waals surface area (Å²) in [7, 11) is -3.78. The predicted molar refractivity (Wildman–Crippen MR) is 138 cm³/mol. The molecule has 0 saturated heterocycles. The van der Waals surface area contributed by atoms with Crippen molar-refractivity contribution in [2.75, 3.05) is 23.7 Å². The zero-order valence-electron chi connectivity index (χ0n) is 19.8. The van der Waals surface area contributed by atoms with Gasteiger partial charge in [0.1, 0.15) is 12.6 Å². The van der Waals surface area contributed by atoms with Gasteiger partial charge in [-0.15, -0.1) is 0 Å². The number of nitrogens with zero attached hydrogens (tertiary/aromatic N) is 2. The lowest BCUT2D eigenvalue weighted by atomic mass is 10.1. The highest BCUT2D eigenvalue weighted by Crippen LogP contribution is 2.27. The van der Waals surface area contributed by atoms with Crippen LogP contribution in [0.4, 0.5) is 5.69 Å². The summed E-state index contributed by atoms with van der Waals surface area (Å²) in [6.07, 6.45) is 2.75. The molecule has 0 aromatic heterocycles. The van der Waals surface area contributed by atoms with Gasteiger partial charge in [0.15, 0.2) is 0 Å². The maximum Gasteiger partial charge on any atom is 0.244 e. The molecule has 1 N–H and O–H groups in total. The van der Waals surface area contributed by atoms with Crippen molar-refractivity contribution in [2.24, 2.45) is 0 Å². The average Bonchev–Trinajstić information content (AvgIpc) is 2.76. The second-order valence-electron chi connectivity index (χ2n) is 8.15. The van der Waals surface area contributed by atoms with Crippen molar-refractivity contribution in [2.45, 2.75) is 46.2 Å². The van der Waals surface area contributed by atoms with Crippen molar-refractivity contribution >= 4 is 50.7 Å². The smallest absolute Gasteiger partial charge is 0.244 e. The van der Waals surface area contributed by atoms with Crippen molar-refractivity contribution in [3.8, 4) is 0 Å². The monoisotopic (exact) mass is 527 g/mol. The van der Waals surface area contributed by atoms with E-state index in [0.29, 0.717) is 27.8 Å². The molecule has 2 aromatic carbocycles. The van der Waals surface area contributed by atoms with Gasteiger partial charge < -0.3 is 10.2 Å². The van der Waals surface area contributed by atoms with Gasteiger partial charge in [0.25, 0.3) is 0 Å². The number of sulfonamides is 1. The molecule has 0 fully saturated rings.